The van der Waals surface area contributed by atoms with E-state index < -0.39 is 18.1 Å². The van der Waals surface area contributed by atoms with Gasteiger partial charge in [-0.3, -0.25) is 9.59 Å². The Labute approximate surface area is 136 Å². The molecule has 4 atom stereocenters. The molecular formula is C17H25N3O3. The molecule has 0 spiro atoms. The highest BCUT2D eigenvalue weighted by Gasteiger charge is 2.34. The molecular weight excluding hydrogens is 294 g/mol. The first-order valence-corrected chi connectivity index (χ1v) is 7.96. The van der Waals surface area contributed by atoms with E-state index in [9.17, 15) is 14.7 Å². The number of benzene rings is 1. The van der Waals surface area contributed by atoms with Crippen molar-refractivity contribution in [3.8, 4) is 0 Å². The zero-order valence-electron chi connectivity index (χ0n) is 13.5. The van der Waals surface area contributed by atoms with Gasteiger partial charge in [-0.2, -0.15) is 0 Å². The van der Waals surface area contributed by atoms with Crippen LogP contribution in [-0.2, 0) is 9.59 Å². The monoisotopic (exact) mass is 319 g/mol. The Kier molecular flexibility index (Phi) is 5.74. The van der Waals surface area contributed by atoms with Crippen molar-refractivity contribution in [3.63, 3.8) is 0 Å². The van der Waals surface area contributed by atoms with Crippen LogP contribution in [0.4, 0.5) is 0 Å². The average molecular weight is 319 g/mol. The summed E-state index contributed by atoms with van der Waals surface area (Å²) >= 11 is 0. The molecule has 1 saturated heterocycles. The first-order chi connectivity index (χ1) is 10.9. The molecule has 0 aromatic heterocycles. The first-order valence-electron chi connectivity index (χ1n) is 7.96. The van der Waals surface area contributed by atoms with Crippen LogP contribution in [0.15, 0.2) is 30.3 Å². The molecule has 2 amide bonds. The smallest absolute Gasteiger partial charge is 0.248 e. The summed E-state index contributed by atoms with van der Waals surface area (Å²) in [6, 6.07) is 9.04. The van der Waals surface area contributed by atoms with Gasteiger partial charge in [-0.15, -0.1) is 0 Å². The number of rotatable bonds is 6. The quantitative estimate of drug-likeness (QED) is 0.598. The summed E-state index contributed by atoms with van der Waals surface area (Å²) in [5.41, 5.74) is 6.35. The molecule has 0 aliphatic carbocycles. The van der Waals surface area contributed by atoms with Crippen LogP contribution in [0.1, 0.15) is 31.7 Å². The van der Waals surface area contributed by atoms with Gasteiger partial charge in [0.1, 0.15) is 0 Å². The molecule has 0 bridgehead atoms. The van der Waals surface area contributed by atoms with Gasteiger partial charge >= 0.3 is 0 Å². The standard InChI is InChI=1S/C17H25N3O3/c1-10(2)14(15(21)16(18)22)20-17(23)13-8-12(9-19-13)11-6-4-3-5-7-11/h3-7,10,12-15,19,21H,8-9H2,1-2H3,(H2,18,22)(H,20,23). The summed E-state index contributed by atoms with van der Waals surface area (Å²) in [5, 5.41) is 15.8. The Morgan fingerprint density at radius 1 is 1.30 bits per heavy atom. The fourth-order valence-corrected chi connectivity index (χ4v) is 2.97. The molecule has 6 heteroatoms. The third kappa shape index (κ3) is 4.30. The normalized spacial score (nSPS) is 23.5. The van der Waals surface area contributed by atoms with Gasteiger partial charge in [0.2, 0.25) is 11.8 Å². The van der Waals surface area contributed by atoms with Gasteiger partial charge in [0.05, 0.1) is 12.1 Å². The van der Waals surface area contributed by atoms with E-state index in [4.69, 9.17) is 5.73 Å². The van der Waals surface area contributed by atoms with Gasteiger partial charge in [-0.05, 0) is 23.8 Å². The maximum Gasteiger partial charge on any atom is 0.248 e. The molecule has 1 fully saturated rings. The van der Waals surface area contributed by atoms with Crippen LogP contribution in [0.25, 0.3) is 0 Å². The van der Waals surface area contributed by atoms with Gasteiger partial charge in [0.25, 0.3) is 0 Å². The molecule has 4 unspecified atom stereocenters. The second kappa shape index (κ2) is 7.57. The number of aliphatic hydroxyl groups is 1. The average Bonchev–Trinajstić information content (AvgIpc) is 3.02. The Morgan fingerprint density at radius 3 is 2.52 bits per heavy atom. The van der Waals surface area contributed by atoms with E-state index in [0.717, 1.165) is 6.54 Å². The van der Waals surface area contributed by atoms with Crippen LogP contribution in [-0.4, -0.2) is 41.7 Å². The van der Waals surface area contributed by atoms with E-state index in [1.54, 1.807) is 0 Å². The van der Waals surface area contributed by atoms with E-state index in [-0.39, 0.29) is 23.8 Å². The van der Waals surface area contributed by atoms with Gasteiger partial charge in [-0.25, -0.2) is 0 Å². The van der Waals surface area contributed by atoms with Crippen LogP contribution in [0.3, 0.4) is 0 Å². The molecule has 1 aliphatic rings. The molecule has 23 heavy (non-hydrogen) atoms. The maximum atomic E-state index is 12.4. The highest BCUT2D eigenvalue weighted by molar-refractivity contribution is 5.85. The zero-order valence-corrected chi connectivity index (χ0v) is 13.5. The number of primary amides is 1. The predicted octanol–water partition coefficient (Wildman–Crippen LogP) is 0.119. The van der Waals surface area contributed by atoms with E-state index in [1.165, 1.54) is 5.56 Å². The summed E-state index contributed by atoms with van der Waals surface area (Å²) in [6.07, 6.45) is -0.696. The lowest BCUT2D eigenvalue weighted by Crippen LogP contribution is -2.55. The minimum atomic E-state index is -1.38. The SMILES string of the molecule is CC(C)C(NC(=O)C1CC(c2ccccc2)CN1)C(O)C(N)=O. The molecule has 5 N–H and O–H groups in total. The van der Waals surface area contributed by atoms with Crippen molar-refractivity contribution in [2.45, 2.75) is 44.4 Å². The van der Waals surface area contributed by atoms with Crippen molar-refractivity contribution in [2.75, 3.05) is 6.54 Å². The van der Waals surface area contributed by atoms with Crippen LogP contribution >= 0.6 is 0 Å². The summed E-state index contributed by atoms with van der Waals surface area (Å²) in [6.45, 7) is 4.38. The fourth-order valence-electron chi connectivity index (χ4n) is 2.97. The number of hydrogen-bond acceptors (Lipinski definition) is 4. The van der Waals surface area contributed by atoms with Crippen LogP contribution in [0, 0.1) is 5.92 Å². The van der Waals surface area contributed by atoms with E-state index >= 15 is 0 Å². The number of hydrogen-bond donors (Lipinski definition) is 4. The lowest BCUT2D eigenvalue weighted by atomic mass is 9.95. The number of amides is 2. The summed E-state index contributed by atoms with van der Waals surface area (Å²) < 4.78 is 0. The minimum Gasteiger partial charge on any atom is -0.381 e. The van der Waals surface area contributed by atoms with E-state index in [2.05, 4.69) is 22.8 Å². The van der Waals surface area contributed by atoms with Crippen molar-refractivity contribution in [2.24, 2.45) is 11.7 Å². The summed E-state index contributed by atoms with van der Waals surface area (Å²) in [5.74, 6) is -0.855. The lowest BCUT2D eigenvalue weighted by molar-refractivity contribution is -0.131. The summed E-state index contributed by atoms with van der Waals surface area (Å²) in [4.78, 5) is 23.6. The molecule has 6 nitrogen and oxygen atoms in total. The molecule has 1 heterocycles. The third-order valence-corrected chi connectivity index (χ3v) is 4.38. The summed E-state index contributed by atoms with van der Waals surface area (Å²) in [7, 11) is 0. The molecule has 126 valence electrons. The molecule has 1 aromatic rings. The zero-order chi connectivity index (χ0) is 17.0. The largest absolute Gasteiger partial charge is 0.381 e. The Bertz CT molecular complexity index is 547. The molecule has 1 aromatic carbocycles. The van der Waals surface area contributed by atoms with E-state index in [1.807, 2.05) is 32.0 Å². The van der Waals surface area contributed by atoms with Crippen molar-refractivity contribution < 1.29 is 14.7 Å². The molecule has 0 radical (unpaired) electrons. The number of carbonyl (C=O) groups excluding carboxylic acids is 2. The number of carbonyl (C=O) groups is 2. The first kappa shape index (κ1) is 17.4. The van der Waals surface area contributed by atoms with Crippen molar-refractivity contribution >= 4 is 11.8 Å². The Morgan fingerprint density at radius 2 is 1.96 bits per heavy atom. The molecule has 2 rings (SSSR count). The number of aliphatic hydroxyl groups excluding tert-OH is 1. The van der Waals surface area contributed by atoms with Gasteiger partial charge < -0.3 is 21.5 Å². The molecule has 0 saturated carbocycles. The minimum absolute atomic E-state index is 0.104. The third-order valence-electron chi connectivity index (χ3n) is 4.38. The number of nitrogens with two attached hydrogens (primary N) is 1. The van der Waals surface area contributed by atoms with Crippen molar-refractivity contribution in [1.29, 1.82) is 0 Å². The fraction of sp³-hybridized carbons (Fsp3) is 0.529. The highest BCUT2D eigenvalue weighted by atomic mass is 16.3. The van der Waals surface area contributed by atoms with Crippen molar-refractivity contribution in [1.82, 2.24) is 10.6 Å². The van der Waals surface area contributed by atoms with Gasteiger partial charge in [0.15, 0.2) is 6.10 Å². The predicted molar refractivity (Wildman–Crippen MR) is 87.6 cm³/mol. The van der Waals surface area contributed by atoms with E-state index in [0.29, 0.717) is 6.42 Å². The Balaban J connectivity index is 1.97. The van der Waals surface area contributed by atoms with Crippen LogP contribution in [0.5, 0.6) is 0 Å². The highest BCUT2D eigenvalue weighted by Crippen LogP contribution is 2.25. The second-order valence-electron chi connectivity index (χ2n) is 6.43. The van der Waals surface area contributed by atoms with Gasteiger partial charge in [0, 0.05) is 6.54 Å². The topological polar surface area (TPSA) is 104 Å². The lowest BCUT2D eigenvalue weighted by Gasteiger charge is -2.27. The second-order valence-corrected chi connectivity index (χ2v) is 6.43. The van der Waals surface area contributed by atoms with Crippen molar-refractivity contribution in [3.05, 3.63) is 35.9 Å². The Hall–Kier alpha value is -1.92. The maximum absolute atomic E-state index is 12.4. The van der Waals surface area contributed by atoms with Crippen LogP contribution < -0.4 is 16.4 Å². The van der Waals surface area contributed by atoms with Crippen LogP contribution in [0.2, 0.25) is 0 Å². The number of nitrogens with one attached hydrogen (secondary N) is 2. The van der Waals surface area contributed by atoms with Gasteiger partial charge in [-0.1, -0.05) is 44.2 Å². The molecule has 1 aliphatic heterocycles.